The summed E-state index contributed by atoms with van der Waals surface area (Å²) >= 11 is 3.56. The third kappa shape index (κ3) is 2.64. The summed E-state index contributed by atoms with van der Waals surface area (Å²) in [5.41, 5.74) is 2.95. The molecule has 2 aliphatic rings. The van der Waals surface area contributed by atoms with Gasteiger partial charge in [0.15, 0.2) is 5.78 Å². The van der Waals surface area contributed by atoms with E-state index in [1.807, 2.05) is 19.9 Å². The van der Waals surface area contributed by atoms with Crippen LogP contribution in [-0.4, -0.2) is 36.4 Å². The van der Waals surface area contributed by atoms with Crippen LogP contribution in [0.3, 0.4) is 0 Å². The van der Waals surface area contributed by atoms with E-state index in [1.165, 1.54) is 12.8 Å². The molecule has 2 heterocycles. The maximum Gasteiger partial charge on any atom is 0.187 e. The average molecular weight is 352 g/mol. The Morgan fingerprint density at radius 2 is 2.10 bits per heavy atom. The van der Waals surface area contributed by atoms with Crippen LogP contribution >= 0.6 is 15.9 Å². The second-order valence-corrected chi connectivity index (χ2v) is 7.27. The number of halogens is 1. The fourth-order valence-electron chi connectivity index (χ4n) is 3.42. The van der Waals surface area contributed by atoms with Crippen LogP contribution in [0.25, 0.3) is 0 Å². The lowest BCUT2D eigenvalue weighted by Gasteiger charge is -2.38. The van der Waals surface area contributed by atoms with E-state index >= 15 is 0 Å². The summed E-state index contributed by atoms with van der Waals surface area (Å²) in [6.07, 6.45) is 2.44. The fourth-order valence-corrected chi connectivity index (χ4v) is 3.94. The molecular formula is C17H22BrNO2. The highest BCUT2D eigenvalue weighted by Crippen LogP contribution is 2.36. The predicted octanol–water partition coefficient (Wildman–Crippen LogP) is 3.74. The van der Waals surface area contributed by atoms with Gasteiger partial charge in [0.1, 0.15) is 18.4 Å². The summed E-state index contributed by atoms with van der Waals surface area (Å²) in [5.74, 6) is 1.66. The molecule has 0 amide bonds. The first-order chi connectivity index (χ1) is 9.99. The maximum absolute atomic E-state index is 12.9. The molecule has 1 saturated heterocycles. The third-order valence-corrected chi connectivity index (χ3v) is 5.68. The number of carbonyl (C=O) groups is 1. The zero-order valence-corrected chi connectivity index (χ0v) is 14.5. The molecule has 21 heavy (non-hydrogen) atoms. The highest BCUT2D eigenvalue weighted by molar-refractivity contribution is 9.10. The fraction of sp³-hybridized carbons (Fsp3) is 0.588. The molecule has 0 aliphatic carbocycles. The quantitative estimate of drug-likeness (QED) is 0.771. The summed E-state index contributed by atoms with van der Waals surface area (Å²) in [5, 5.41) is 0. The average Bonchev–Trinajstić information content (AvgIpc) is 2.46. The zero-order chi connectivity index (χ0) is 15.1. The first-order valence-electron chi connectivity index (χ1n) is 7.69. The molecule has 0 aromatic heterocycles. The van der Waals surface area contributed by atoms with Crippen molar-refractivity contribution in [2.45, 2.75) is 39.7 Å². The van der Waals surface area contributed by atoms with Gasteiger partial charge in [0, 0.05) is 11.0 Å². The molecule has 2 atom stereocenters. The van der Waals surface area contributed by atoms with Gasteiger partial charge in [0.05, 0.1) is 5.56 Å². The largest absolute Gasteiger partial charge is 0.490 e. The molecule has 4 heteroatoms. The van der Waals surface area contributed by atoms with Gasteiger partial charge in [-0.15, -0.1) is 0 Å². The lowest BCUT2D eigenvalue weighted by molar-refractivity contribution is 0.0557. The zero-order valence-electron chi connectivity index (χ0n) is 12.9. The molecule has 3 rings (SSSR count). The maximum atomic E-state index is 12.9. The first-order valence-corrected chi connectivity index (χ1v) is 8.49. The van der Waals surface area contributed by atoms with Crippen LogP contribution in [-0.2, 0) is 0 Å². The van der Waals surface area contributed by atoms with Crippen LogP contribution < -0.4 is 4.74 Å². The molecule has 1 aromatic rings. The highest BCUT2D eigenvalue weighted by atomic mass is 79.9. The molecule has 0 bridgehead atoms. The number of carbonyl (C=O) groups excluding carboxylic acids is 1. The summed E-state index contributed by atoms with van der Waals surface area (Å²) in [6.45, 7) is 8.83. The van der Waals surface area contributed by atoms with E-state index in [1.54, 1.807) is 0 Å². The van der Waals surface area contributed by atoms with Crippen molar-refractivity contribution >= 4 is 21.7 Å². The Labute approximate surface area is 134 Å². The van der Waals surface area contributed by atoms with Crippen LogP contribution in [0.2, 0.25) is 0 Å². The number of piperidine rings is 1. The number of ketones is 1. The van der Waals surface area contributed by atoms with Crippen LogP contribution in [0.1, 0.15) is 41.3 Å². The van der Waals surface area contributed by atoms with Crippen molar-refractivity contribution < 1.29 is 9.53 Å². The van der Waals surface area contributed by atoms with Gasteiger partial charge in [-0.25, -0.2) is 0 Å². The minimum Gasteiger partial charge on any atom is -0.490 e. The molecule has 0 N–H and O–H groups in total. The molecule has 0 spiro atoms. The number of fused-ring (bicyclic) bond motifs is 1. The van der Waals surface area contributed by atoms with Gasteiger partial charge in [-0.1, -0.05) is 22.9 Å². The van der Waals surface area contributed by atoms with Crippen molar-refractivity contribution in [2.24, 2.45) is 5.92 Å². The van der Waals surface area contributed by atoms with E-state index in [-0.39, 0.29) is 11.8 Å². The van der Waals surface area contributed by atoms with Gasteiger partial charge in [-0.3, -0.25) is 9.69 Å². The molecule has 1 fully saturated rings. The molecule has 3 nitrogen and oxygen atoms in total. The normalized spacial score (nSPS) is 26.4. The third-order valence-electron chi connectivity index (χ3n) is 4.86. The van der Waals surface area contributed by atoms with Crippen molar-refractivity contribution in [2.75, 3.05) is 19.7 Å². The summed E-state index contributed by atoms with van der Waals surface area (Å²) in [6, 6.07) is 1.81. The van der Waals surface area contributed by atoms with Crippen molar-refractivity contribution in [1.29, 1.82) is 0 Å². The number of benzene rings is 1. The lowest BCUT2D eigenvalue weighted by Crippen LogP contribution is -2.51. The standard InChI is InChI=1S/C17H22BrNO2/c1-10-5-4-6-19(8-10)15-9-21-17-12(3)11(2)14(18)7-13(17)16(15)20/h7,10,15H,4-6,8-9H2,1-3H3/t10-,15-/m0/s1. The Bertz CT molecular complexity index is 585. The Balaban J connectivity index is 1.92. The smallest absolute Gasteiger partial charge is 0.187 e. The van der Waals surface area contributed by atoms with Crippen molar-refractivity contribution in [3.8, 4) is 5.75 Å². The Kier molecular flexibility index (Phi) is 4.10. The van der Waals surface area contributed by atoms with Gasteiger partial charge in [0.2, 0.25) is 0 Å². The number of hydrogen-bond acceptors (Lipinski definition) is 3. The van der Waals surface area contributed by atoms with E-state index in [0.29, 0.717) is 12.5 Å². The molecule has 2 aliphatic heterocycles. The van der Waals surface area contributed by atoms with Gasteiger partial charge >= 0.3 is 0 Å². The predicted molar refractivity (Wildman–Crippen MR) is 87.2 cm³/mol. The summed E-state index contributed by atoms with van der Waals surface area (Å²) < 4.78 is 6.97. The van der Waals surface area contributed by atoms with E-state index in [0.717, 1.165) is 40.0 Å². The van der Waals surface area contributed by atoms with Crippen molar-refractivity contribution in [1.82, 2.24) is 4.90 Å². The van der Waals surface area contributed by atoms with Gasteiger partial charge < -0.3 is 4.74 Å². The highest BCUT2D eigenvalue weighted by Gasteiger charge is 2.36. The number of rotatable bonds is 1. The molecule has 0 unspecified atom stereocenters. The van der Waals surface area contributed by atoms with E-state index in [2.05, 4.69) is 27.8 Å². The molecule has 0 radical (unpaired) electrons. The van der Waals surface area contributed by atoms with Crippen LogP contribution in [0.15, 0.2) is 10.5 Å². The first kappa shape index (κ1) is 15.0. The molecule has 1 aromatic carbocycles. The van der Waals surface area contributed by atoms with E-state index in [4.69, 9.17) is 4.74 Å². The number of Topliss-reactive ketones (excluding diaryl/α,β-unsaturated/α-hetero) is 1. The Hall–Kier alpha value is -0.870. The second-order valence-electron chi connectivity index (χ2n) is 6.42. The van der Waals surface area contributed by atoms with Crippen LogP contribution in [0.5, 0.6) is 5.75 Å². The second kappa shape index (κ2) is 5.73. The molecular weight excluding hydrogens is 330 g/mol. The minimum atomic E-state index is -0.116. The van der Waals surface area contributed by atoms with Gasteiger partial charge in [0.25, 0.3) is 0 Å². The minimum absolute atomic E-state index is 0.116. The van der Waals surface area contributed by atoms with Crippen LogP contribution in [0.4, 0.5) is 0 Å². The number of ether oxygens (including phenoxy) is 1. The lowest BCUT2D eigenvalue weighted by atomic mass is 9.92. The van der Waals surface area contributed by atoms with Gasteiger partial charge in [-0.2, -0.15) is 0 Å². The Morgan fingerprint density at radius 3 is 2.81 bits per heavy atom. The topological polar surface area (TPSA) is 29.5 Å². The van der Waals surface area contributed by atoms with E-state index < -0.39 is 0 Å². The van der Waals surface area contributed by atoms with Crippen LogP contribution in [0, 0.1) is 19.8 Å². The summed E-state index contributed by atoms with van der Waals surface area (Å²) in [4.78, 5) is 15.2. The molecule has 114 valence electrons. The van der Waals surface area contributed by atoms with Crippen molar-refractivity contribution in [3.63, 3.8) is 0 Å². The molecule has 0 saturated carbocycles. The number of hydrogen-bond donors (Lipinski definition) is 0. The van der Waals surface area contributed by atoms with Crippen molar-refractivity contribution in [3.05, 3.63) is 27.2 Å². The van der Waals surface area contributed by atoms with E-state index in [9.17, 15) is 4.79 Å². The SMILES string of the molecule is Cc1c(Br)cc2c(c1C)OC[C@H](N1CCC[C@H](C)C1)C2=O. The van der Waals surface area contributed by atoms with Gasteiger partial charge in [-0.05, 0) is 56.3 Å². The number of likely N-dealkylation sites (tertiary alicyclic amines) is 1. The summed E-state index contributed by atoms with van der Waals surface area (Å²) in [7, 11) is 0. The number of nitrogens with zero attached hydrogens (tertiary/aromatic N) is 1. The monoisotopic (exact) mass is 351 g/mol. The Morgan fingerprint density at radius 1 is 1.33 bits per heavy atom.